The number of nitrogens with one attached hydrogen (secondary N) is 1. The lowest BCUT2D eigenvalue weighted by atomic mass is 9.83. The molecular weight excluding hydrogens is 593 g/mol. The standard InChI is InChI=1S/C30H30N4O5S3/c1-16-28(40-17(2)31-16)22-12-9-19-13-20(10-11-21(19)32-22)27-26(18-7-5-4-6-8-18)29-23(34(27)15-25(35)36)14-24(41-29)30(37)33-42(3,38)39/h9-14,18H,4-8,15H2,1-3H3,(H,33,37)(H,35,36). The number of rotatable bonds is 7. The van der Waals surface area contributed by atoms with Crippen molar-refractivity contribution in [2.75, 3.05) is 6.26 Å². The molecule has 4 heterocycles. The van der Waals surface area contributed by atoms with Crippen LogP contribution in [0.25, 0.3) is 42.9 Å². The number of aromatic nitrogens is 3. The Morgan fingerprint density at radius 2 is 1.81 bits per heavy atom. The summed E-state index contributed by atoms with van der Waals surface area (Å²) in [7, 11) is -3.75. The van der Waals surface area contributed by atoms with Crippen LogP contribution in [0.5, 0.6) is 0 Å². The highest BCUT2D eigenvalue weighted by atomic mass is 32.2. The lowest BCUT2D eigenvalue weighted by Crippen LogP contribution is -2.28. The Morgan fingerprint density at radius 3 is 2.48 bits per heavy atom. The highest BCUT2D eigenvalue weighted by Gasteiger charge is 2.30. The van der Waals surface area contributed by atoms with Gasteiger partial charge in [-0.25, -0.2) is 23.1 Å². The molecule has 9 nitrogen and oxygen atoms in total. The van der Waals surface area contributed by atoms with Crippen molar-refractivity contribution >= 4 is 65.7 Å². The molecule has 1 amide bonds. The number of hydrogen-bond donors (Lipinski definition) is 2. The molecule has 218 valence electrons. The zero-order valence-corrected chi connectivity index (χ0v) is 25.9. The van der Waals surface area contributed by atoms with Gasteiger partial charge in [-0.05, 0) is 68.0 Å². The summed E-state index contributed by atoms with van der Waals surface area (Å²) >= 11 is 2.84. The number of amides is 1. The first-order chi connectivity index (χ1) is 20.0. The molecule has 42 heavy (non-hydrogen) atoms. The van der Waals surface area contributed by atoms with Crippen LogP contribution < -0.4 is 4.72 Å². The van der Waals surface area contributed by atoms with Gasteiger partial charge in [0.1, 0.15) is 6.54 Å². The van der Waals surface area contributed by atoms with Crippen molar-refractivity contribution in [3.05, 3.63) is 57.5 Å². The van der Waals surface area contributed by atoms with Crippen LogP contribution in [0.1, 0.15) is 64.0 Å². The molecule has 0 spiro atoms. The number of aliphatic carboxylic acids is 1. The summed E-state index contributed by atoms with van der Waals surface area (Å²) in [6.07, 6.45) is 6.17. The van der Waals surface area contributed by atoms with Crippen LogP contribution in [0.2, 0.25) is 0 Å². The number of aryl methyl sites for hydroxylation is 2. The van der Waals surface area contributed by atoms with Crippen LogP contribution in [0.3, 0.4) is 0 Å². The average molecular weight is 623 g/mol. The average Bonchev–Trinajstić information content (AvgIpc) is 3.59. The van der Waals surface area contributed by atoms with Crippen LogP contribution in [-0.4, -0.2) is 46.2 Å². The second-order valence-electron chi connectivity index (χ2n) is 10.9. The summed E-state index contributed by atoms with van der Waals surface area (Å²) in [6.45, 7) is 3.68. The van der Waals surface area contributed by atoms with Crippen molar-refractivity contribution < 1.29 is 23.1 Å². The van der Waals surface area contributed by atoms with E-state index in [-0.39, 0.29) is 17.3 Å². The van der Waals surface area contributed by atoms with E-state index in [1.54, 1.807) is 22.0 Å². The van der Waals surface area contributed by atoms with Crippen molar-refractivity contribution in [3.63, 3.8) is 0 Å². The molecule has 4 aromatic heterocycles. The number of hydrogen-bond acceptors (Lipinski definition) is 8. The van der Waals surface area contributed by atoms with E-state index in [0.717, 1.165) is 92.1 Å². The van der Waals surface area contributed by atoms with Gasteiger partial charge < -0.3 is 9.67 Å². The lowest BCUT2D eigenvalue weighted by molar-refractivity contribution is -0.137. The number of fused-ring (bicyclic) bond motifs is 2. The van der Waals surface area contributed by atoms with Gasteiger partial charge >= 0.3 is 5.97 Å². The molecule has 1 aliphatic carbocycles. The Morgan fingerprint density at radius 1 is 1.05 bits per heavy atom. The highest BCUT2D eigenvalue weighted by Crippen LogP contribution is 2.47. The SMILES string of the molecule is Cc1nc(C)c(-c2ccc3cc(-c4c(C5CCCCC5)c5sc(C(=O)NS(C)(=O)=O)cc5n4CC(=O)O)ccc3n2)s1. The summed E-state index contributed by atoms with van der Waals surface area (Å²) in [5, 5.41) is 11.9. The molecule has 12 heteroatoms. The first kappa shape index (κ1) is 28.5. The normalized spacial score (nSPS) is 14.5. The quantitative estimate of drug-likeness (QED) is 0.212. The third-order valence-electron chi connectivity index (χ3n) is 7.68. The van der Waals surface area contributed by atoms with Crippen LogP contribution in [0, 0.1) is 13.8 Å². The number of carbonyl (C=O) groups is 2. The van der Waals surface area contributed by atoms with E-state index in [1.807, 2.05) is 42.8 Å². The monoisotopic (exact) mass is 622 g/mol. The van der Waals surface area contributed by atoms with Gasteiger partial charge in [-0.3, -0.25) is 9.59 Å². The number of sulfonamides is 1. The molecule has 0 radical (unpaired) electrons. The van der Waals surface area contributed by atoms with Crippen molar-refractivity contribution in [2.45, 2.75) is 58.4 Å². The topological polar surface area (TPSA) is 131 Å². The van der Waals surface area contributed by atoms with E-state index in [9.17, 15) is 23.1 Å². The van der Waals surface area contributed by atoms with Gasteiger partial charge in [0.15, 0.2) is 0 Å². The van der Waals surface area contributed by atoms with Crippen LogP contribution >= 0.6 is 22.7 Å². The molecular formula is C30H30N4O5S3. The maximum absolute atomic E-state index is 12.8. The smallest absolute Gasteiger partial charge is 0.323 e. The fourth-order valence-corrected chi connectivity index (χ4v) is 8.61. The third kappa shape index (κ3) is 5.46. The van der Waals surface area contributed by atoms with E-state index in [4.69, 9.17) is 4.98 Å². The summed E-state index contributed by atoms with van der Waals surface area (Å²) in [4.78, 5) is 35.6. The van der Waals surface area contributed by atoms with E-state index in [0.29, 0.717) is 5.52 Å². The number of pyridine rings is 1. The van der Waals surface area contributed by atoms with Crippen LogP contribution in [0.15, 0.2) is 36.4 Å². The van der Waals surface area contributed by atoms with Gasteiger partial charge in [0.25, 0.3) is 5.91 Å². The molecule has 0 unspecified atom stereocenters. The third-order valence-corrected chi connectivity index (χ3v) is 10.5. The highest BCUT2D eigenvalue weighted by molar-refractivity contribution is 7.89. The Labute approximate surface area is 251 Å². The molecule has 0 aliphatic heterocycles. The van der Waals surface area contributed by atoms with Gasteiger partial charge in [0.05, 0.1) is 53.8 Å². The van der Waals surface area contributed by atoms with Gasteiger partial charge in [0.2, 0.25) is 10.0 Å². The summed E-state index contributed by atoms with van der Waals surface area (Å²) in [5.41, 5.74) is 6.04. The van der Waals surface area contributed by atoms with Gasteiger partial charge in [-0.2, -0.15) is 0 Å². The molecule has 0 bridgehead atoms. The fraction of sp³-hybridized carbons (Fsp3) is 0.333. The molecule has 6 rings (SSSR count). The minimum Gasteiger partial charge on any atom is -0.480 e. The number of thiazole rings is 1. The minimum atomic E-state index is -3.75. The van der Waals surface area contributed by atoms with Gasteiger partial charge in [-0.15, -0.1) is 22.7 Å². The fourth-order valence-electron chi connectivity index (χ4n) is 6.03. The van der Waals surface area contributed by atoms with Crippen molar-refractivity contribution in [2.24, 2.45) is 0 Å². The molecule has 2 N–H and O–H groups in total. The zero-order valence-electron chi connectivity index (χ0n) is 23.4. The maximum Gasteiger partial charge on any atom is 0.323 e. The molecule has 1 saturated carbocycles. The second-order valence-corrected chi connectivity index (χ2v) is 14.9. The maximum atomic E-state index is 12.8. The number of carbonyl (C=O) groups excluding carboxylic acids is 1. The van der Waals surface area contributed by atoms with E-state index in [2.05, 4.69) is 11.1 Å². The van der Waals surface area contributed by atoms with E-state index < -0.39 is 21.9 Å². The van der Waals surface area contributed by atoms with Crippen molar-refractivity contribution in [3.8, 4) is 21.8 Å². The lowest BCUT2D eigenvalue weighted by Gasteiger charge is -2.23. The Kier molecular flexibility index (Phi) is 7.40. The number of thiophene rings is 1. The summed E-state index contributed by atoms with van der Waals surface area (Å²) in [6, 6.07) is 11.7. The van der Waals surface area contributed by atoms with Crippen molar-refractivity contribution in [1.29, 1.82) is 0 Å². The van der Waals surface area contributed by atoms with E-state index >= 15 is 0 Å². The van der Waals surface area contributed by atoms with Crippen LogP contribution in [0.4, 0.5) is 0 Å². The predicted molar refractivity (Wildman–Crippen MR) is 167 cm³/mol. The largest absolute Gasteiger partial charge is 0.480 e. The number of benzene rings is 1. The zero-order chi connectivity index (χ0) is 29.8. The Bertz CT molecular complexity index is 1980. The number of carboxylic acids is 1. The molecule has 0 atom stereocenters. The van der Waals surface area contributed by atoms with Gasteiger partial charge in [0, 0.05) is 5.39 Å². The first-order valence-electron chi connectivity index (χ1n) is 13.7. The molecule has 0 saturated heterocycles. The number of carboxylic acid groups (broad SMARTS) is 1. The summed E-state index contributed by atoms with van der Waals surface area (Å²) < 4.78 is 28.1. The van der Waals surface area contributed by atoms with E-state index in [1.165, 1.54) is 11.3 Å². The van der Waals surface area contributed by atoms with Gasteiger partial charge in [-0.1, -0.05) is 31.4 Å². The first-order valence-corrected chi connectivity index (χ1v) is 17.3. The second kappa shape index (κ2) is 10.9. The summed E-state index contributed by atoms with van der Waals surface area (Å²) in [5.74, 6) is -1.51. The molecule has 5 aromatic rings. The molecule has 1 aliphatic rings. The number of nitrogens with zero attached hydrogens (tertiary/aromatic N) is 3. The minimum absolute atomic E-state index is 0.199. The molecule has 1 aromatic carbocycles. The van der Waals surface area contributed by atoms with Crippen LogP contribution in [-0.2, 0) is 21.4 Å². The Hall–Kier alpha value is -3.61. The van der Waals surface area contributed by atoms with Crippen molar-refractivity contribution in [1.82, 2.24) is 19.3 Å². The Balaban J connectivity index is 1.53. The predicted octanol–water partition coefficient (Wildman–Crippen LogP) is 6.48. The molecule has 1 fully saturated rings.